The van der Waals surface area contributed by atoms with E-state index in [4.69, 9.17) is 0 Å². The molecule has 2 aliphatic rings. The van der Waals surface area contributed by atoms with Crippen LogP contribution in [0.2, 0.25) is 0 Å². The van der Waals surface area contributed by atoms with Gasteiger partial charge in [-0.05, 0) is 42.2 Å². The summed E-state index contributed by atoms with van der Waals surface area (Å²) in [6, 6.07) is 25.0. The second kappa shape index (κ2) is 7.12. The number of rotatable bonds is 3. The van der Waals surface area contributed by atoms with Crippen LogP contribution in [-0.4, -0.2) is 28.8 Å². The molecule has 2 heterocycles. The predicted octanol–water partition coefficient (Wildman–Crippen LogP) is 4.78. The van der Waals surface area contributed by atoms with Gasteiger partial charge in [-0.25, -0.2) is 4.39 Å². The van der Waals surface area contributed by atoms with E-state index in [-0.39, 0.29) is 11.7 Å². The number of fused-ring (bicyclic) bond motifs is 3. The Morgan fingerprint density at radius 1 is 0.828 bits per heavy atom. The largest absolute Gasteiger partial charge is 0.312 e. The van der Waals surface area contributed by atoms with Crippen LogP contribution in [0, 0.1) is 5.82 Å². The molecule has 0 saturated carbocycles. The van der Waals surface area contributed by atoms with E-state index in [9.17, 15) is 9.18 Å². The summed E-state index contributed by atoms with van der Waals surface area (Å²) in [6.07, 6.45) is 1.98. The monoisotopic (exact) mass is 386 g/mol. The average molecular weight is 386 g/mol. The van der Waals surface area contributed by atoms with Gasteiger partial charge in [0.15, 0.2) is 0 Å². The third kappa shape index (κ3) is 2.78. The lowest BCUT2D eigenvalue weighted by Gasteiger charge is -2.46. The van der Waals surface area contributed by atoms with Crippen molar-refractivity contribution in [1.29, 1.82) is 0 Å². The van der Waals surface area contributed by atoms with E-state index >= 15 is 0 Å². The van der Waals surface area contributed by atoms with Crippen molar-refractivity contribution in [2.75, 3.05) is 13.1 Å². The standard InChI is InChI=1S/C25H23FN2O/c26-21-14-12-19(13-15-21)18-27-16-6-7-17-28-24(29)22-10-4-5-11-23(22)25(27,28)20-8-2-1-3-9-20/h1-5,8-15H,6-7,16-18H2. The van der Waals surface area contributed by atoms with Gasteiger partial charge < -0.3 is 4.90 Å². The summed E-state index contributed by atoms with van der Waals surface area (Å²) in [6.45, 7) is 2.24. The number of nitrogens with zero attached hydrogens (tertiary/aromatic N) is 2. The topological polar surface area (TPSA) is 23.6 Å². The number of carbonyl (C=O) groups is 1. The Kier molecular flexibility index (Phi) is 4.44. The molecule has 3 aromatic carbocycles. The van der Waals surface area contributed by atoms with Gasteiger partial charge in [0, 0.05) is 30.8 Å². The second-order valence-electron chi connectivity index (χ2n) is 7.80. The quantitative estimate of drug-likeness (QED) is 0.647. The molecule has 0 spiro atoms. The second-order valence-corrected chi connectivity index (χ2v) is 7.80. The molecule has 3 aromatic rings. The lowest BCUT2D eigenvalue weighted by Crippen LogP contribution is -2.55. The Morgan fingerprint density at radius 3 is 2.31 bits per heavy atom. The Labute approximate surface area is 170 Å². The highest BCUT2D eigenvalue weighted by Gasteiger charge is 2.54. The molecule has 0 aromatic heterocycles. The van der Waals surface area contributed by atoms with Gasteiger partial charge in [-0.3, -0.25) is 9.69 Å². The molecule has 1 fully saturated rings. The Balaban J connectivity index is 1.73. The van der Waals surface area contributed by atoms with Gasteiger partial charge in [0.25, 0.3) is 5.91 Å². The van der Waals surface area contributed by atoms with Crippen LogP contribution < -0.4 is 0 Å². The fraction of sp³-hybridized carbons (Fsp3) is 0.240. The fourth-order valence-corrected chi connectivity index (χ4v) is 4.92. The van der Waals surface area contributed by atoms with Crippen LogP contribution in [-0.2, 0) is 12.2 Å². The van der Waals surface area contributed by atoms with Gasteiger partial charge in [0.2, 0.25) is 0 Å². The summed E-state index contributed by atoms with van der Waals surface area (Å²) >= 11 is 0. The van der Waals surface area contributed by atoms with Gasteiger partial charge in [-0.1, -0.05) is 60.7 Å². The minimum atomic E-state index is -0.639. The number of carbonyl (C=O) groups excluding carboxylic acids is 1. The molecule has 0 aliphatic carbocycles. The van der Waals surface area contributed by atoms with E-state index in [0.717, 1.165) is 48.2 Å². The smallest absolute Gasteiger partial charge is 0.256 e. The van der Waals surface area contributed by atoms with Crippen LogP contribution >= 0.6 is 0 Å². The molecule has 0 radical (unpaired) electrons. The zero-order valence-corrected chi connectivity index (χ0v) is 16.2. The van der Waals surface area contributed by atoms with E-state index in [1.54, 1.807) is 0 Å². The van der Waals surface area contributed by atoms with E-state index in [0.29, 0.717) is 6.54 Å². The first-order chi connectivity index (χ1) is 14.2. The van der Waals surface area contributed by atoms with Gasteiger partial charge in [0.1, 0.15) is 11.5 Å². The van der Waals surface area contributed by atoms with Gasteiger partial charge in [0.05, 0.1) is 0 Å². The van der Waals surface area contributed by atoms with Crippen molar-refractivity contribution < 1.29 is 9.18 Å². The summed E-state index contributed by atoms with van der Waals surface area (Å²) in [5, 5.41) is 0. The number of amides is 1. The molecule has 146 valence electrons. The molecule has 29 heavy (non-hydrogen) atoms. The Bertz CT molecular complexity index is 1030. The van der Waals surface area contributed by atoms with Gasteiger partial charge >= 0.3 is 0 Å². The molecule has 0 N–H and O–H groups in total. The van der Waals surface area contributed by atoms with Crippen LogP contribution in [0.25, 0.3) is 0 Å². The average Bonchev–Trinajstić information content (AvgIpc) is 2.88. The summed E-state index contributed by atoms with van der Waals surface area (Å²) in [7, 11) is 0. The predicted molar refractivity (Wildman–Crippen MR) is 111 cm³/mol. The maximum atomic E-state index is 13.5. The van der Waals surface area contributed by atoms with E-state index in [2.05, 4.69) is 23.1 Å². The maximum Gasteiger partial charge on any atom is 0.256 e. The normalized spacial score (nSPS) is 21.6. The highest BCUT2D eigenvalue weighted by atomic mass is 19.1. The highest BCUT2D eigenvalue weighted by Crippen LogP contribution is 2.48. The van der Waals surface area contributed by atoms with Crippen LogP contribution in [0.1, 0.15) is 39.9 Å². The summed E-state index contributed by atoms with van der Waals surface area (Å²) in [5.41, 5.74) is 3.32. The van der Waals surface area contributed by atoms with E-state index < -0.39 is 5.66 Å². The van der Waals surface area contributed by atoms with E-state index in [1.165, 1.54) is 12.1 Å². The fourth-order valence-electron chi connectivity index (χ4n) is 4.92. The van der Waals surface area contributed by atoms with E-state index in [1.807, 2.05) is 53.4 Å². The van der Waals surface area contributed by atoms with Crippen molar-refractivity contribution in [2.45, 2.75) is 25.0 Å². The molecule has 0 bridgehead atoms. The Hall–Kier alpha value is -2.98. The van der Waals surface area contributed by atoms with Crippen molar-refractivity contribution in [2.24, 2.45) is 0 Å². The molecular formula is C25H23FN2O. The van der Waals surface area contributed by atoms with Gasteiger partial charge in [-0.15, -0.1) is 0 Å². The van der Waals surface area contributed by atoms with Gasteiger partial charge in [-0.2, -0.15) is 0 Å². The first kappa shape index (κ1) is 18.1. The number of hydrogen-bond acceptors (Lipinski definition) is 2. The summed E-state index contributed by atoms with van der Waals surface area (Å²) < 4.78 is 13.5. The zero-order chi connectivity index (χ0) is 19.8. The van der Waals surface area contributed by atoms with Crippen LogP contribution in [0.4, 0.5) is 4.39 Å². The number of benzene rings is 3. The first-order valence-corrected chi connectivity index (χ1v) is 10.2. The molecule has 1 atom stereocenters. The third-order valence-electron chi connectivity index (χ3n) is 6.15. The Morgan fingerprint density at radius 2 is 1.52 bits per heavy atom. The molecule has 1 saturated heterocycles. The molecule has 3 nitrogen and oxygen atoms in total. The van der Waals surface area contributed by atoms with Crippen molar-refractivity contribution >= 4 is 5.91 Å². The van der Waals surface area contributed by atoms with Crippen molar-refractivity contribution in [3.63, 3.8) is 0 Å². The molecule has 1 unspecified atom stereocenters. The SMILES string of the molecule is O=C1c2ccccc2C2(c3ccccc3)N(Cc3ccc(F)cc3)CCCCN12. The highest BCUT2D eigenvalue weighted by molar-refractivity contribution is 6.00. The van der Waals surface area contributed by atoms with Crippen LogP contribution in [0.5, 0.6) is 0 Å². The molecule has 5 rings (SSSR count). The molecule has 4 heteroatoms. The number of hydrogen-bond donors (Lipinski definition) is 0. The number of halogens is 1. The zero-order valence-electron chi connectivity index (χ0n) is 16.2. The van der Waals surface area contributed by atoms with Crippen molar-refractivity contribution in [3.8, 4) is 0 Å². The lowest BCUT2D eigenvalue weighted by molar-refractivity contribution is -0.00255. The van der Waals surface area contributed by atoms with Crippen LogP contribution in [0.3, 0.4) is 0 Å². The first-order valence-electron chi connectivity index (χ1n) is 10.2. The summed E-state index contributed by atoms with van der Waals surface area (Å²) in [5.74, 6) is -0.138. The maximum absolute atomic E-state index is 13.5. The van der Waals surface area contributed by atoms with Crippen molar-refractivity contribution in [3.05, 3.63) is 107 Å². The molecular weight excluding hydrogens is 363 g/mol. The minimum Gasteiger partial charge on any atom is -0.312 e. The molecule has 2 aliphatic heterocycles. The summed E-state index contributed by atoms with van der Waals surface area (Å²) in [4.78, 5) is 17.9. The minimum absolute atomic E-state index is 0.0930. The third-order valence-corrected chi connectivity index (χ3v) is 6.15. The van der Waals surface area contributed by atoms with Crippen LogP contribution in [0.15, 0.2) is 78.9 Å². The lowest BCUT2D eigenvalue weighted by atomic mass is 9.88. The molecule has 1 amide bonds. The van der Waals surface area contributed by atoms with Crippen molar-refractivity contribution in [1.82, 2.24) is 9.80 Å².